The first-order valence-electron chi connectivity index (χ1n) is 8.21. The van der Waals surface area contributed by atoms with Gasteiger partial charge in [0.15, 0.2) is 0 Å². The fourth-order valence-corrected chi connectivity index (χ4v) is 4.66. The number of nitrogens with zero attached hydrogens (tertiary/aromatic N) is 1. The quantitative estimate of drug-likeness (QED) is 0.282. The SMILES string of the molecule is Cc1cccc2c1ccc1npc3ccc4c(C)cccc4c3c12. The smallest absolute Gasteiger partial charge is 0.0764 e. The van der Waals surface area contributed by atoms with Gasteiger partial charge in [-0.3, -0.25) is 0 Å². The Kier molecular flexibility index (Phi) is 2.89. The third kappa shape index (κ3) is 1.82. The Balaban J connectivity index is 2.17. The molecule has 0 N–H and O–H groups in total. The van der Waals surface area contributed by atoms with Gasteiger partial charge in [-0.2, -0.15) is 0 Å². The molecule has 5 rings (SSSR count). The zero-order valence-corrected chi connectivity index (χ0v) is 14.6. The second-order valence-electron chi connectivity index (χ2n) is 6.46. The molecule has 0 fully saturated rings. The summed E-state index contributed by atoms with van der Waals surface area (Å²) in [6, 6.07) is 22.0. The number of rotatable bonds is 0. The van der Waals surface area contributed by atoms with E-state index in [2.05, 4.69) is 74.5 Å². The number of benzene rings is 4. The summed E-state index contributed by atoms with van der Waals surface area (Å²) in [7, 11) is 1.04. The number of hydrogen-bond acceptors (Lipinski definition) is 1. The van der Waals surface area contributed by atoms with Crippen molar-refractivity contribution < 1.29 is 0 Å². The van der Waals surface area contributed by atoms with Crippen LogP contribution in [0.2, 0.25) is 0 Å². The highest BCUT2D eigenvalue weighted by Crippen LogP contribution is 2.39. The van der Waals surface area contributed by atoms with E-state index in [1.54, 1.807) is 0 Å². The van der Waals surface area contributed by atoms with Gasteiger partial charge in [0.2, 0.25) is 0 Å². The van der Waals surface area contributed by atoms with Crippen LogP contribution in [0, 0.1) is 13.8 Å². The molecular formula is C22H16NP. The molecule has 0 radical (unpaired) electrons. The lowest BCUT2D eigenvalue weighted by Gasteiger charge is -2.11. The number of aromatic nitrogens is 1. The molecule has 0 saturated carbocycles. The standard InChI is InChI=1S/C22H16NP/c1-13-5-3-7-17-15(13)9-11-19-21(17)22-18-8-4-6-14(2)16(18)10-12-20(22)24-23-19/h3-12H,1-2H3. The lowest BCUT2D eigenvalue weighted by molar-refractivity contribution is 1.53. The van der Waals surface area contributed by atoms with E-state index in [0.29, 0.717) is 0 Å². The van der Waals surface area contributed by atoms with Crippen LogP contribution >= 0.6 is 8.35 Å². The van der Waals surface area contributed by atoms with Crippen molar-refractivity contribution in [3.63, 3.8) is 0 Å². The third-order valence-electron chi connectivity index (χ3n) is 5.03. The first-order chi connectivity index (χ1) is 11.7. The van der Waals surface area contributed by atoms with Crippen molar-refractivity contribution in [2.45, 2.75) is 13.8 Å². The van der Waals surface area contributed by atoms with Gasteiger partial charge in [-0.15, -0.1) is 0 Å². The largest absolute Gasteiger partial charge is 0.227 e. The van der Waals surface area contributed by atoms with Crippen LogP contribution in [0.5, 0.6) is 0 Å². The van der Waals surface area contributed by atoms with E-state index in [0.717, 1.165) is 13.9 Å². The average Bonchev–Trinajstić information content (AvgIpc) is 2.61. The van der Waals surface area contributed by atoms with Crippen LogP contribution in [-0.2, 0) is 0 Å². The summed E-state index contributed by atoms with van der Waals surface area (Å²) in [5, 5.41) is 9.26. The minimum absolute atomic E-state index is 1.04. The monoisotopic (exact) mass is 325 g/mol. The van der Waals surface area contributed by atoms with Crippen LogP contribution in [-0.4, -0.2) is 4.75 Å². The molecule has 5 aromatic rings. The van der Waals surface area contributed by atoms with Crippen LogP contribution < -0.4 is 0 Å². The minimum atomic E-state index is 1.04. The van der Waals surface area contributed by atoms with Gasteiger partial charge in [-0.25, -0.2) is 4.75 Å². The highest BCUT2D eigenvalue weighted by molar-refractivity contribution is 7.33. The van der Waals surface area contributed by atoms with E-state index in [1.807, 2.05) is 0 Å². The molecule has 4 aromatic carbocycles. The summed E-state index contributed by atoms with van der Waals surface area (Å²) in [5.74, 6) is 0. The highest BCUT2D eigenvalue weighted by atomic mass is 31.0. The van der Waals surface area contributed by atoms with Gasteiger partial charge in [0.25, 0.3) is 0 Å². The van der Waals surface area contributed by atoms with Crippen molar-refractivity contribution in [3.8, 4) is 0 Å². The highest BCUT2D eigenvalue weighted by Gasteiger charge is 2.11. The van der Waals surface area contributed by atoms with E-state index in [-0.39, 0.29) is 0 Å². The zero-order valence-electron chi connectivity index (χ0n) is 13.7. The van der Waals surface area contributed by atoms with Crippen molar-refractivity contribution in [2.75, 3.05) is 0 Å². The van der Waals surface area contributed by atoms with Crippen LogP contribution in [0.3, 0.4) is 0 Å². The Labute approximate surface area is 142 Å². The van der Waals surface area contributed by atoms with Gasteiger partial charge >= 0.3 is 0 Å². The molecule has 24 heavy (non-hydrogen) atoms. The van der Waals surface area contributed by atoms with E-state index in [4.69, 9.17) is 4.75 Å². The summed E-state index contributed by atoms with van der Waals surface area (Å²) in [6.45, 7) is 4.37. The van der Waals surface area contributed by atoms with Crippen molar-refractivity contribution in [1.82, 2.24) is 4.75 Å². The number of fused-ring (bicyclic) bond motifs is 7. The predicted molar refractivity (Wildman–Crippen MR) is 106 cm³/mol. The summed E-state index contributed by atoms with van der Waals surface area (Å²) >= 11 is 0. The van der Waals surface area contributed by atoms with Crippen molar-refractivity contribution >= 4 is 51.3 Å². The average molecular weight is 325 g/mol. The molecule has 0 aliphatic carbocycles. The van der Waals surface area contributed by atoms with Gasteiger partial charge in [-0.05, 0) is 58.7 Å². The topological polar surface area (TPSA) is 12.9 Å². The second-order valence-corrected chi connectivity index (χ2v) is 7.34. The molecule has 0 unspecified atom stereocenters. The van der Waals surface area contributed by atoms with Crippen LogP contribution in [0.1, 0.15) is 11.1 Å². The molecule has 0 atom stereocenters. The van der Waals surface area contributed by atoms with E-state index >= 15 is 0 Å². The maximum Gasteiger partial charge on any atom is 0.0764 e. The molecule has 1 heterocycles. The van der Waals surface area contributed by atoms with Crippen LogP contribution in [0.15, 0.2) is 60.7 Å². The van der Waals surface area contributed by atoms with Gasteiger partial charge < -0.3 is 0 Å². The van der Waals surface area contributed by atoms with Crippen molar-refractivity contribution in [1.29, 1.82) is 0 Å². The molecule has 0 aliphatic rings. The molecule has 1 aromatic heterocycles. The van der Waals surface area contributed by atoms with Crippen molar-refractivity contribution in [3.05, 3.63) is 71.8 Å². The first kappa shape index (κ1) is 13.9. The molecule has 0 amide bonds. The van der Waals surface area contributed by atoms with E-state index in [1.165, 1.54) is 48.6 Å². The maximum atomic E-state index is 4.82. The zero-order chi connectivity index (χ0) is 16.3. The predicted octanol–water partition coefficient (Wildman–Crippen LogP) is 6.89. The molecular weight excluding hydrogens is 309 g/mol. The summed E-state index contributed by atoms with van der Waals surface area (Å²) in [4.78, 5) is 0. The summed E-state index contributed by atoms with van der Waals surface area (Å²) in [6.07, 6.45) is 0. The van der Waals surface area contributed by atoms with Gasteiger partial charge in [0.1, 0.15) is 0 Å². The fourth-order valence-electron chi connectivity index (χ4n) is 3.81. The van der Waals surface area contributed by atoms with Crippen LogP contribution in [0.25, 0.3) is 43.0 Å². The summed E-state index contributed by atoms with van der Waals surface area (Å²) in [5.41, 5.74) is 3.75. The molecule has 0 saturated heterocycles. The normalized spacial score (nSPS) is 12.1. The molecule has 114 valence electrons. The Hall–Kier alpha value is -2.50. The molecule has 0 bridgehead atoms. The van der Waals surface area contributed by atoms with E-state index < -0.39 is 0 Å². The molecule has 1 nitrogen and oxygen atoms in total. The molecule has 0 spiro atoms. The van der Waals surface area contributed by atoms with Gasteiger partial charge in [0, 0.05) is 24.2 Å². The maximum absolute atomic E-state index is 4.82. The Bertz CT molecular complexity index is 1170. The second kappa shape index (κ2) is 5.00. The van der Waals surface area contributed by atoms with Gasteiger partial charge in [0.05, 0.1) is 5.52 Å². The first-order valence-corrected chi connectivity index (χ1v) is 9.05. The van der Waals surface area contributed by atoms with Gasteiger partial charge in [-0.1, -0.05) is 48.5 Å². The van der Waals surface area contributed by atoms with E-state index in [9.17, 15) is 0 Å². The molecule has 0 aliphatic heterocycles. The summed E-state index contributed by atoms with van der Waals surface area (Å²) < 4.78 is 4.82. The molecule has 2 heteroatoms. The lowest BCUT2D eigenvalue weighted by atomic mass is 9.96. The van der Waals surface area contributed by atoms with Crippen molar-refractivity contribution in [2.24, 2.45) is 0 Å². The van der Waals surface area contributed by atoms with Crippen LogP contribution in [0.4, 0.5) is 0 Å². The Morgan fingerprint density at radius 3 is 1.96 bits per heavy atom. The Morgan fingerprint density at radius 2 is 1.25 bits per heavy atom. The fraction of sp³-hybridized carbons (Fsp3) is 0.0909. The third-order valence-corrected chi connectivity index (χ3v) is 5.93. The minimum Gasteiger partial charge on any atom is -0.227 e. The Morgan fingerprint density at radius 1 is 0.625 bits per heavy atom. The number of hydrogen-bond donors (Lipinski definition) is 0. The number of aryl methyl sites for hydroxylation is 2. The lowest BCUT2D eigenvalue weighted by Crippen LogP contribution is -1.86.